The standard InChI is InChI=1S/C17H19N3O4/c1-16(2)12-7-8-17(16,3)14-13(12)18(21)15(19(14)22)10-5-4-6-11(9-10)20(23)24/h4-6,9,12,22H,7-8H2,1-3H3. The van der Waals surface area contributed by atoms with Gasteiger partial charge in [-0.1, -0.05) is 26.8 Å². The first kappa shape index (κ1) is 15.0. The van der Waals surface area contributed by atoms with Gasteiger partial charge in [0.25, 0.3) is 5.69 Å². The van der Waals surface area contributed by atoms with Crippen molar-refractivity contribution in [1.82, 2.24) is 4.73 Å². The Balaban J connectivity index is 1.96. The van der Waals surface area contributed by atoms with E-state index < -0.39 is 4.92 Å². The largest absolute Gasteiger partial charge is 0.710 e. The van der Waals surface area contributed by atoms with E-state index in [2.05, 4.69) is 20.8 Å². The van der Waals surface area contributed by atoms with Gasteiger partial charge in [-0.15, -0.1) is 0 Å². The summed E-state index contributed by atoms with van der Waals surface area (Å²) < 4.78 is 1.73. The van der Waals surface area contributed by atoms with Crippen LogP contribution in [-0.4, -0.2) is 14.9 Å². The van der Waals surface area contributed by atoms with Crippen LogP contribution in [0.3, 0.4) is 0 Å². The predicted octanol–water partition coefficient (Wildman–Crippen LogP) is 3.11. The number of nitro benzene ring substituents is 1. The van der Waals surface area contributed by atoms with E-state index in [9.17, 15) is 20.5 Å². The smallest absolute Gasteiger partial charge is 0.331 e. The van der Waals surface area contributed by atoms with Gasteiger partial charge in [-0.25, -0.2) is 4.73 Å². The van der Waals surface area contributed by atoms with Crippen molar-refractivity contribution in [1.29, 1.82) is 0 Å². The summed E-state index contributed by atoms with van der Waals surface area (Å²) in [7, 11) is 0. The SMILES string of the molecule is CC12CCC(c3c1n(O)c(-c1cccc([N+](=O)[O-])c1)[n+]3[O-])C2(C)C. The van der Waals surface area contributed by atoms with E-state index >= 15 is 0 Å². The molecule has 0 spiro atoms. The summed E-state index contributed by atoms with van der Waals surface area (Å²) in [5.41, 5.74) is 1.11. The first-order valence-corrected chi connectivity index (χ1v) is 8.03. The highest BCUT2D eigenvalue weighted by Crippen LogP contribution is 2.67. The van der Waals surface area contributed by atoms with Crippen LogP contribution < -0.4 is 4.73 Å². The molecule has 126 valence electrons. The van der Waals surface area contributed by atoms with Gasteiger partial charge in [0.05, 0.1) is 10.5 Å². The van der Waals surface area contributed by atoms with Gasteiger partial charge in [0.2, 0.25) is 0 Å². The fourth-order valence-corrected chi connectivity index (χ4v) is 4.73. The highest BCUT2D eigenvalue weighted by molar-refractivity contribution is 5.59. The summed E-state index contributed by atoms with van der Waals surface area (Å²) in [5.74, 6) is 0.137. The second kappa shape index (κ2) is 4.28. The average molecular weight is 329 g/mol. The molecule has 1 heterocycles. The highest BCUT2D eigenvalue weighted by Gasteiger charge is 2.66. The molecule has 0 saturated heterocycles. The molecule has 4 rings (SSSR count). The zero-order valence-electron chi connectivity index (χ0n) is 13.8. The van der Waals surface area contributed by atoms with Crippen LogP contribution in [0.5, 0.6) is 0 Å². The molecule has 2 aromatic rings. The number of fused-ring (bicyclic) bond motifs is 5. The van der Waals surface area contributed by atoms with Crippen molar-refractivity contribution in [2.24, 2.45) is 5.41 Å². The molecule has 1 aromatic heterocycles. The Kier molecular flexibility index (Phi) is 2.68. The maximum absolute atomic E-state index is 12.9. The Morgan fingerprint density at radius 3 is 2.71 bits per heavy atom. The van der Waals surface area contributed by atoms with Crippen molar-refractivity contribution in [2.45, 2.75) is 44.9 Å². The lowest BCUT2D eigenvalue weighted by Gasteiger charge is -2.32. The molecule has 2 unspecified atom stereocenters. The van der Waals surface area contributed by atoms with Gasteiger partial charge in [-0.2, -0.15) is 0 Å². The fraction of sp³-hybridized carbons (Fsp3) is 0.471. The number of benzene rings is 1. The molecule has 0 aliphatic heterocycles. The van der Waals surface area contributed by atoms with Gasteiger partial charge in [0, 0.05) is 23.5 Å². The number of hydrogen-bond donors (Lipinski definition) is 1. The van der Waals surface area contributed by atoms with E-state index in [-0.39, 0.29) is 28.3 Å². The molecule has 2 aliphatic rings. The van der Waals surface area contributed by atoms with Gasteiger partial charge >= 0.3 is 5.82 Å². The molecule has 1 fully saturated rings. The number of nitro groups is 1. The van der Waals surface area contributed by atoms with Crippen LogP contribution >= 0.6 is 0 Å². The molecule has 0 radical (unpaired) electrons. The average Bonchev–Trinajstić information content (AvgIpc) is 2.99. The van der Waals surface area contributed by atoms with E-state index in [1.54, 1.807) is 6.07 Å². The topological polar surface area (TPSA) is 95.2 Å². The predicted molar refractivity (Wildman–Crippen MR) is 85.8 cm³/mol. The van der Waals surface area contributed by atoms with Gasteiger partial charge in [-0.05, 0) is 29.1 Å². The lowest BCUT2D eigenvalue weighted by molar-refractivity contribution is -0.604. The molecule has 7 nitrogen and oxygen atoms in total. The zero-order chi connectivity index (χ0) is 17.4. The van der Waals surface area contributed by atoms with Crippen molar-refractivity contribution in [3.8, 4) is 11.4 Å². The number of aromatic nitrogens is 2. The molecule has 24 heavy (non-hydrogen) atoms. The Labute approximate surface area is 138 Å². The number of imidazole rings is 1. The molecule has 0 amide bonds. The Morgan fingerprint density at radius 2 is 2.08 bits per heavy atom. The summed E-state index contributed by atoms with van der Waals surface area (Å²) in [6.07, 6.45) is 1.83. The second-order valence-electron chi connectivity index (χ2n) is 7.62. The van der Waals surface area contributed by atoms with E-state index in [0.717, 1.165) is 22.3 Å². The van der Waals surface area contributed by atoms with E-state index in [4.69, 9.17) is 0 Å². The quantitative estimate of drug-likeness (QED) is 0.301. The first-order valence-electron chi connectivity index (χ1n) is 8.03. The summed E-state index contributed by atoms with van der Waals surface area (Å²) >= 11 is 0. The molecular formula is C17H19N3O4. The maximum Gasteiger partial charge on any atom is 0.331 e. The molecule has 1 N–H and O–H groups in total. The van der Waals surface area contributed by atoms with Gasteiger partial charge < -0.3 is 10.4 Å². The van der Waals surface area contributed by atoms with Crippen LogP contribution in [0.4, 0.5) is 5.69 Å². The van der Waals surface area contributed by atoms with Crippen LogP contribution in [0, 0.1) is 20.7 Å². The maximum atomic E-state index is 12.9. The third-order valence-corrected chi connectivity index (χ3v) is 6.46. The monoisotopic (exact) mass is 329 g/mol. The highest BCUT2D eigenvalue weighted by atomic mass is 16.6. The number of nitrogens with zero attached hydrogens (tertiary/aromatic N) is 3. The van der Waals surface area contributed by atoms with E-state index in [1.165, 1.54) is 18.2 Å². The van der Waals surface area contributed by atoms with Crippen molar-refractivity contribution in [3.05, 3.63) is 51.0 Å². The molecular weight excluding hydrogens is 310 g/mol. The molecule has 7 heteroatoms. The lowest BCUT2D eigenvalue weighted by atomic mass is 9.70. The van der Waals surface area contributed by atoms with Gasteiger partial charge in [0.1, 0.15) is 0 Å². The van der Waals surface area contributed by atoms with Crippen molar-refractivity contribution in [2.75, 3.05) is 0 Å². The number of hydrogen-bond acceptors (Lipinski definition) is 4. The summed E-state index contributed by atoms with van der Waals surface area (Å²) in [5, 5.41) is 34.7. The minimum absolute atomic E-state index is 0.0531. The van der Waals surface area contributed by atoms with Crippen molar-refractivity contribution >= 4 is 5.69 Å². The van der Waals surface area contributed by atoms with E-state index in [1.807, 2.05) is 0 Å². The molecule has 2 atom stereocenters. The third kappa shape index (κ3) is 1.50. The fourth-order valence-electron chi connectivity index (χ4n) is 4.73. The lowest BCUT2D eigenvalue weighted by Crippen LogP contribution is -2.36. The minimum Gasteiger partial charge on any atom is -0.710 e. The van der Waals surface area contributed by atoms with Crippen LogP contribution in [0.15, 0.2) is 24.3 Å². The van der Waals surface area contributed by atoms with Gasteiger partial charge in [0.15, 0.2) is 11.4 Å². The minimum atomic E-state index is -0.509. The van der Waals surface area contributed by atoms with Crippen LogP contribution in [0.2, 0.25) is 0 Å². The Bertz CT molecular complexity index is 886. The Morgan fingerprint density at radius 1 is 1.38 bits per heavy atom. The normalized spacial score (nSPS) is 26.5. The van der Waals surface area contributed by atoms with Crippen LogP contribution in [-0.2, 0) is 5.41 Å². The Hall–Kier alpha value is -2.57. The molecule has 1 saturated carbocycles. The molecule has 1 aromatic carbocycles. The van der Waals surface area contributed by atoms with E-state index in [0.29, 0.717) is 17.0 Å². The van der Waals surface area contributed by atoms with Crippen molar-refractivity contribution < 1.29 is 14.9 Å². The summed E-state index contributed by atoms with van der Waals surface area (Å²) in [6.45, 7) is 6.36. The number of rotatable bonds is 2. The van der Waals surface area contributed by atoms with Crippen molar-refractivity contribution in [3.63, 3.8) is 0 Å². The van der Waals surface area contributed by atoms with Gasteiger partial charge in [-0.3, -0.25) is 10.1 Å². The zero-order valence-corrected chi connectivity index (χ0v) is 13.8. The van der Waals surface area contributed by atoms with Crippen LogP contribution in [0.25, 0.3) is 11.4 Å². The summed E-state index contributed by atoms with van der Waals surface area (Å²) in [6, 6.07) is 5.81. The summed E-state index contributed by atoms with van der Waals surface area (Å²) in [4.78, 5) is 10.5. The van der Waals surface area contributed by atoms with Crippen LogP contribution in [0.1, 0.15) is 50.9 Å². The molecule has 2 aliphatic carbocycles. The second-order valence-corrected chi connectivity index (χ2v) is 7.62. The molecule has 2 bridgehead atoms. The first-order chi connectivity index (χ1) is 11.2. The number of non-ortho nitro benzene ring substituents is 1. The third-order valence-electron chi connectivity index (χ3n) is 6.46.